The van der Waals surface area contributed by atoms with E-state index in [2.05, 4.69) is 40.0 Å². The molecule has 0 spiro atoms. The minimum atomic E-state index is 0.263. The maximum Gasteiger partial charge on any atom is 0.257 e. The molecular weight excluding hydrogens is 342 g/mol. The molecule has 2 aromatic heterocycles. The highest BCUT2D eigenvalue weighted by molar-refractivity contribution is 5.36. The molecule has 2 aromatic rings. The molecule has 0 aromatic carbocycles. The maximum atomic E-state index is 5.64. The fraction of sp³-hybridized carbons (Fsp3) is 0.524. The third-order valence-corrected chi connectivity index (χ3v) is 5.44. The van der Waals surface area contributed by atoms with Gasteiger partial charge < -0.3 is 14.2 Å². The lowest BCUT2D eigenvalue weighted by Gasteiger charge is -2.25. The van der Waals surface area contributed by atoms with Crippen molar-refractivity contribution in [2.75, 3.05) is 33.4 Å². The van der Waals surface area contributed by atoms with Crippen molar-refractivity contribution < 1.29 is 14.2 Å². The molecule has 2 atom stereocenters. The predicted molar refractivity (Wildman–Crippen MR) is 103 cm³/mol. The van der Waals surface area contributed by atoms with Crippen molar-refractivity contribution in [3.05, 3.63) is 41.2 Å². The molecule has 0 bridgehead atoms. The molecule has 4 rings (SSSR count). The Balaban J connectivity index is 1.41. The average molecular weight is 369 g/mol. The minimum absolute atomic E-state index is 0.263. The average Bonchev–Trinajstić information content (AvgIpc) is 3.15. The van der Waals surface area contributed by atoms with Crippen molar-refractivity contribution in [1.82, 2.24) is 14.9 Å². The smallest absolute Gasteiger partial charge is 0.257 e. The number of methoxy groups -OCH3 is 1. The van der Waals surface area contributed by atoms with Gasteiger partial charge in [0.25, 0.3) is 5.88 Å². The number of aromatic nitrogens is 2. The first kappa shape index (κ1) is 18.0. The van der Waals surface area contributed by atoms with Crippen molar-refractivity contribution in [2.45, 2.75) is 32.7 Å². The molecule has 0 saturated carbocycles. The van der Waals surface area contributed by atoms with Crippen LogP contribution in [0.15, 0.2) is 24.3 Å². The molecule has 6 heteroatoms. The van der Waals surface area contributed by atoms with Crippen LogP contribution in [0.2, 0.25) is 0 Å². The minimum Gasteiger partial charge on any atom is -0.484 e. The molecule has 2 aliphatic rings. The van der Waals surface area contributed by atoms with Crippen LogP contribution in [0.3, 0.4) is 0 Å². The number of likely N-dealkylation sites (tertiary alicyclic amines) is 1. The van der Waals surface area contributed by atoms with Gasteiger partial charge in [-0.05, 0) is 62.9 Å². The lowest BCUT2D eigenvalue weighted by Crippen LogP contribution is -2.26. The topological polar surface area (TPSA) is 56.7 Å². The van der Waals surface area contributed by atoms with E-state index in [1.165, 1.54) is 12.0 Å². The van der Waals surface area contributed by atoms with Crippen molar-refractivity contribution >= 4 is 0 Å². The molecule has 0 amide bonds. The molecule has 1 fully saturated rings. The van der Waals surface area contributed by atoms with Crippen LogP contribution in [0.1, 0.15) is 36.3 Å². The lowest BCUT2D eigenvalue weighted by atomic mass is 9.99. The van der Waals surface area contributed by atoms with Crippen LogP contribution in [0.4, 0.5) is 0 Å². The Morgan fingerprint density at radius 1 is 1.22 bits per heavy atom. The predicted octanol–water partition coefficient (Wildman–Crippen LogP) is 3.19. The Labute approximate surface area is 160 Å². The quantitative estimate of drug-likeness (QED) is 0.807. The Morgan fingerprint density at radius 3 is 2.93 bits per heavy atom. The van der Waals surface area contributed by atoms with Gasteiger partial charge in [0.05, 0.1) is 12.8 Å². The number of aryl methyl sites for hydroxylation is 1. The van der Waals surface area contributed by atoms with Gasteiger partial charge in [-0.2, -0.15) is 0 Å². The normalized spacial score (nSPS) is 20.5. The number of hydrogen-bond donors (Lipinski definition) is 0. The molecule has 6 nitrogen and oxygen atoms in total. The molecule has 1 unspecified atom stereocenters. The van der Waals surface area contributed by atoms with Gasteiger partial charge in [0.1, 0.15) is 13.2 Å². The van der Waals surface area contributed by atoms with E-state index >= 15 is 0 Å². The van der Waals surface area contributed by atoms with Crippen molar-refractivity contribution in [1.29, 1.82) is 0 Å². The first-order chi connectivity index (χ1) is 13.1. The van der Waals surface area contributed by atoms with Crippen LogP contribution in [-0.2, 0) is 6.42 Å². The second-order valence-corrected chi connectivity index (χ2v) is 7.43. The molecule has 0 radical (unpaired) electrons. The van der Waals surface area contributed by atoms with Gasteiger partial charge >= 0.3 is 0 Å². The number of ether oxygens (including phenoxy) is 3. The SMILES string of the molecule is COc1cc(C[C@@H]2CCN(C(C)c3ccc4c(n3)OCCO4)C2)cc(C)n1. The standard InChI is InChI=1S/C21H27N3O3/c1-14-10-17(12-20(22-14)25-3)11-16-6-7-24(13-16)15(2)18-4-5-19-21(23-18)27-9-8-26-19/h4-5,10,12,15-16H,6-9,11,13H2,1-3H3/t15?,16-/m0/s1. The van der Waals surface area contributed by atoms with E-state index in [4.69, 9.17) is 14.2 Å². The number of rotatable bonds is 5. The van der Waals surface area contributed by atoms with Crippen LogP contribution in [0, 0.1) is 12.8 Å². The van der Waals surface area contributed by atoms with E-state index in [-0.39, 0.29) is 6.04 Å². The molecule has 27 heavy (non-hydrogen) atoms. The van der Waals surface area contributed by atoms with Gasteiger partial charge in [-0.25, -0.2) is 9.97 Å². The summed E-state index contributed by atoms with van der Waals surface area (Å²) in [4.78, 5) is 11.6. The molecule has 144 valence electrons. The Morgan fingerprint density at radius 2 is 2.07 bits per heavy atom. The summed E-state index contributed by atoms with van der Waals surface area (Å²) in [6, 6.07) is 8.52. The fourth-order valence-electron chi connectivity index (χ4n) is 4.01. The fourth-order valence-corrected chi connectivity index (χ4v) is 4.01. The van der Waals surface area contributed by atoms with Crippen LogP contribution in [0.25, 0.3) is 0 Å². The number of nitrogens with zero attached hydrogens (tertiary/aromatic N) is 3. The number of pyridine rings is 2. The summed E-state index contributed by atoms with van der Waals surface area (Å²) in [6.45, 7) is 7.56. The zero-order valence-corrected chi connectivity index (χ0v) is 16.3. The first-order valence-electron chi connectivity index (χ1n) is 9.64. The summed E-state index contributed by atoms with van der Waals surface area (Å²) in [5, 5.41) is 0. The summed E-state index contributed by atoms with van der Waals surface area (Å²) in [5.41, 5.74) is 3.35. The largest absolute Gasteiger partial charge is 0.484 e. The first-order valence-corrected chi connectivity index (χ1v) is 9.64. The molecule has 4 heterocycles. The lowest BCUT2D eigenvalue weighted by molar-refractivity contribution is 0.162. The van der Waals surface area contributed by atoms with Gasteiger partial charge in [0.15, 0.2) is 5.75 Å². The maximum absolute atomic E-state index is 5.64. The van der Waals surface area contributed by atoms with E-state index in [1.807, 2.05) is 13.0 Å². The van der Waals surface area contributed by atoms with Crippen LogP contribution in [-0.4, -0.2) is 48.3 Å². The van der Waals surface area contributed by atoms with Crippen molar-refractivity contribution in [2.24, 2.45) is 5.92 Å². The summed E-state index contributed by atoms with van der Waals surface area (Å²) in [6.07, 6.45) is 2.25. The van der Waals surface area contributed by atoms with Crippen molar-refractivity contribution in [3.8, 4) is 17.5 Å². The highest BCUT2D eigenvalue weighted by Crippen LogP contribution is 2.33. The Kier molecular flexibility index (Phi) is 5.16. The molecule has 1 saturated heterocycles. The summed E-state index contributed by atoms with van der Waals surface area (Å²) < 4.78 is 16.5. The van der Waals surface area contributed by atoms with Gasteiger partial charge in [-0.1, -0.05) is 0 Å². The monoisotopic (exact) mass is 369 g/mol. The van der Waals surface area contributed by atoms with E-state index in [1.54, 1.807) is 7.11 Å². The van der Waals surface area contributed by atoms with E-state index < -0.39 is 0 Å². The number of hydrogen-bond acceptors (Lipinski definition) is 6. The molecular formula is C21H27N3O3. The molecule has 2 aliphatic heterocycles. The van der Waals surface area contributed by atoms with Gasteiger partial charge in [0.2, 0.25) is 5.88 Å². The molecule has 0 aliphatic carbocycles. The van der Waals surface area contributed by atoms with Gasteiger partial charge in [0, 0.05) is 24.3 Å². The van der Waals surface area contributed by atoms with Crippen molar-refractivity contribution in [3.63, 3.8) is 0 Å². The zero-order chi connectivity index (χ0) is 18.8. The van der Waals surface area contributed by atoms with Gasteiger partial charge in [-0.3, -0.25) is 4.90 Å². The Hall–Kier alpha value is -2.34. The highest BCUT2D eigenvalue weighted by Gasteiger charge is 2.28. The summed E-state index contributed by atoms with van der Waals surface area (Å²) in [7, 11) is 1.67. The third-order valence-electron chi connectivity index (χ3n) is 5.44. The van der Waals surface area contributed by atoms with Crippen LogP contribution < -0.4 is 14.2 Å². The number of fused-ring (bicyclic) bond motifs is 1. The highest BCUT2D eigenvalue weighted by atomic mass is 16.6. The summed E-state index contributed by atoms with van der Waals surface area (Å²) in [5.74, 6) is 2.71. The van der Waals surface area contributed by atoms with Gasteiger partial charge in [-0.15, -0.1) is 0 Å². The van der Waals surface area contributed by atoms with Crippen LogP contribution >= 0.6 is 0 Å². The van der Waals surface area contributed by atoms with Crippen LogP contribution in [0.5, 0.6) is 17.5 Å². The second-order valence-electron chi connectivity index (χ2n) is 7.43. The van der Waals surface area contributed by atoms with E-state index in [0.29, 0.717) is 30.9 Å². The van der Waals surface area contributed by atoms with E-state index in [0.717, 1.165) is 36.6 Å². The molecule has 0 N–H and O–H groups in total. The third kappa shape index (κ3) is 4.00. The van der Waals surface area contributed by atoms with E-state index in [9.17, 15) is 0 Å². The Bertz CT molecular complexity index is 811. The summed E-state index contributed by atoms with van der Waals surface area (Å²) >= 11 is 0. The second kappa shape index (κ2) is 7.72. The zero-order valence-electron chi connectivity index (χ0n) is 16.3.